The number of rotatable bonds is 5. The van der Waals surface area contributed by atoms with E-state index in [0.717, 1.165) is 9.37 Å². The molecule has 7 heteroatoms. The van der Waals surface area contributed by atoms with E-state index in [1.165, 1.54) is 11.8 Å². The summed E-state index contributed by atoms with van der Waals surface area (Å²) in [7, 11) is 1.57. The van der Waals surface area contributed by atoms with Crippen LogP contribution in [0.5, 0.6) is 5.75 Å². The fourth-order valence-electron chi connectivity index (χ4n) is 1.58. The van der Waals surface area contributed by atoms with Gasteiger partial charge in [-0.25, -0.2) is 4.98 Å². The summed E-state index contributed by atoms with van der Waals surface area (Å²) in [4.78, 5) is 16.8. The standard InChI is InChI=1S/C14H14BrN3O2S/c1-20-11-6-10(16)3-4-12(11)21-8-14(19)18-13-5-2-9(15)7-17-13/h2-7H,8,16H2,1H3,(H,17,18,19). The predicted molar refractivity (Wildman–Crippen MR) is 88.7 cm³/mol. The molecule has 1 amide bonds. The van der Waals surface area contributed by atoms with E-state index in [0.29, 0.717) is 17.3 Å². The van der Waals surface area contributed by atoms with Crippen LogP contribution in [0, 0.1) is 0 Å². The lowest BCUT2D eigenvalue weighted by molar-refractivity contribution is -0.113. The van der Waals surface area contributed by atoms with Gasteiger partial charge in [0.2, 0.25) is 5.91 Å². The quantitative estimate of drug-likeness (QED) is 0.626. The summed E-state index contributed by atoms with van der Waals surface area (Å²) in [6.45, 7) is 0. The topological polar surface area (TPSA) is 77.2 Å². The van der Waals surface area contributed by atoms with Gasteiger partial charge in [-0.05, 0) is 40.2 Å². The van der Waals surface area contributed by atoms with Crippen molar-refractivity contribution in [3.05, 3.63) is 41.0 Å². The Bertz CT molecular complexity index is 635. The number of benzene rings is 1. The van der Waals surface area contributed by atoms with Crippen LogP contribution in [0.25, 0.3) is 0 Å². The summed E-state index contributed by atoms with van der Waals surface area (Å²) in [5, 5.41) is 2.73. The van der Waals surface area contributed by atoms with Gasteiger partial charge < -0.3 is 15.8 Å². The highest BCUT2D eigenvalue weighted by Gasteiger charge is 2.08. The molecule has 1 heterocycles. The third kappa shape index (κ3) is 4.64. The van der Waals surface area contributed by atoms with E-state index < -0.39 is 0 Å². The van der Waals surface area contributed by atoms with Crippen LogP contribution >= 0.6 is 27.7 Å². The fourth-order valence-corrected chi connectivity index (χ4v) is 2.62. The number of nitrogens with zero attached hydrogens (tertiary/aromatic N) is 1. The van der Waals surface area contributed by atoms with Crippen LogP contribution in [0.3, 0.4) is 0 Å². The lowest BCUT2D eigenvalue weighted by Gasteiger charge is -2.09. The smallest absolute Gasteiger partial charge is 0.235 e. The van der Waals surface area contributed by atoms with Crippen molar-refractivity contribution in [1.82, 2.24) is 4.98 Å². The molecule has 0 fully saturated rings. The number of nitrogens with one attached hydrogen (secondary N) is 1. The summed E-state index contributed by atoms with van der Waals surface area (Å²) >= 11 is 4.67. The van der Waals surface area contributed by atoms with E-state index in [-0.39, 0.29) is 11.7 Å². The fraction of sp³-hybridized carbons (Fsp3) is 0.143. The molecule has 0 radical (unpaired) electrons. The molecule has 0 saturated heterocycles. The van der Waals surface area contributed by atoms with Crippen molar-refractivity contribution >= 4 is 45.1 Å². The summed E-state index contributed by atoms with van der Waals surface area (Å²) in [6.07, 6.45) is 1.63. The van der Waals surface area contributed by atoms with Crippen LogP contribution in [0.1, 0.15) is 0 Å². The van der Waals surface area contributed by atoms with Gasteiger partial charge in [-0.2, -0.15) is 0 Å². The number of carbonyl (C=O) groups excluding carboxylic acids is 1. The number of nitrogens with two attached hydrogens (primary N) is 1. The Morgan fingerprint density at radius 1 is 1.43 bits per heavy atom. The molecule has 110 valence electrons. The normalized spacial score (nSPS) is 10.2. The third-order valence-electron chi connectivity index (χ3n) is 2.54. The summed E-state index contributed by atoms with van der Waals surface area (Å²) in [6, 6.07) is 8.90. The van der Waals surface area contributed by atoms with E-state index in [1.807, 2.05) is 12.1 Å². The zero-order valence-electron chi connectivity index (χ0n) is 11.3. The lowest BCUT2D eigenvalue weighted by Crippen LogP contribution is -2.14. The molecule has 0 spiro atoms. The van der Waals surface area contributed by atoms with Gasteiger partial charge in [-0.3, -0.25) is 4.79 Å². The molecule has 1 aromatic carbocycles. The minimum Gasteiger partial charge on any atom is -0.496 e. The van der Waals surface area contributed by atoms with Gasteiger partial charge in [0.15, 0.2) is 0 Å². The Balaban J connectivity index is 1.93. The molecular weight excluding hydrogens is 354 g/mol. The maximum Gasteiger partial charge on any atom is 0.235 e. The molecule has 0 aliphatic heterocycles. The van der Waals surface area contributed by atoms with Crippen molar-refractivity contribution in [3.8, 4) is 5.75 Å². The van der Waals surface area contributed by atoms with Gasteiger partial charge in [-0.15, -0.1) is 11.8 Å². The van der Waals surface area contributed by atoms with Crippen LogP contribution in [0.15, 0.2) is 45.9 Å². The highest BCUT2D eigenvalue weighted by atomic mass is 79.9. The van der Waals surface area contributed by atoms with Crippen LogP contribution in [-0.2, 0) is 4.79 Å². The number of amides is 1. The number of nitrogen functional groups attached to an aromatic ring is 1. The summed E-state index contributed by atoms with van der Waals surface area (Å²) in [5.41, 5.74) is 6.32. The number of ether oxygens (including phenoxy) is 1. The Hall–Kier alpha value is -1.73. The van der Waals surface area contributed by atoms with Crippen molar-refractivity contribution in [2.45, 2.75) is 4.90 Å². The summed E-state index contributed by atoms with van der Waals surface area (Å²) in [5.74, 6) is 1.31. The van der Waals surface area contributed by atoms with Crippen molar-refractivity contribution in [3.63, 3.8) is 0 Å². The van der Waals surface area contributed by atoms with E-state index in [4.69, 9.17) is 10.5 Å². The van der Waals surface area contributed by atoms with Gasteiger partial charge in [0.25, 0.3) is 0 Å². The molecule has 0 unspecified atom stereocenters. The second-order valence-electron chi connectivity index (χ2n) is 4.11. The third-order valence-corrected chi connectivity index (χ3v) is 4.07. The predicted octanol–water partition coefficient (Wildman–Crippen LogP) is 3.17. The number of pyridine rings is 1. The zero-order chi connectivity index (χ0) is 15.2. The second kappa shape index (κ2) is 7.33. The molecule has 2 aromatic rings. The van der Waals surface area contributed by atoms with Crippen LogP contribution in [0.2, 0.25) is 0 Å². The average molecular weight is 368 g/mol. The molecule has 0 aliphatic rings. The number of anilines is 2. The van der Waals surface area contributed by atoms with Crippen LogP contribution in [0.4, 0.5) is 11.5 Å². The molecule has 0 aliphatic carbocycles. The number of methoxy groups -OCH3 is 1. The molecule has 3 N–H and O–H groups in total. The molecule has 0 atom stereocenters. The first-order chi connectivity index (χ1) is 10.1. The van der Waals surface area contributed by atoms with Crippen molar-refractivity contribution in [1.29, 1.82) is 0 Å². The Labute approximate surface area is 135 Å². The van der Waals surface area contributed by atoms with Crippen molar-refractivity contribution < 1.29 is 9.53 Å². The van der Waals surface area contributed by atoms with Gasteiger partial charge in [-0.1, -0.05) is 0 Å². The second-order valence-corrected chi connectivity index (χ2v) is 6.04. The van der Waals surface area contributed by atoms with Gasteiger partial charge in [0.05, 0.1) is 12.9 Å². The highest BCUT2D eigenvalue weighted by molar-refractivity contribution is 9.10. The first-order valence-electron chi connectivity index (χ1n) is 6.06. The van der Waals surface area contributed by atoms with Crippen LogP contribution < -0.4 is 15.8 Å². The van der Waals surface area contributed by atoms with Crippen molar-refractivity contribution in [2.24, 2.45) is 0 Å². The molecule has 1 aromatic heterocycles. The average Bonchev–Trinajstić information content (AvgIpc) is 2.48. The number of hydrogen-bond donors (Lipinski definition) is 2. The van der Waals surface area contributed by atoms with Gasteiger partial charge in [0, 0.05) is 27.3 Å². The van der Waals surface area contributed by atoms with Crippen LogP contribution in [-0.4, -0.2) is 23.8 Å². The SMILES string of the molecule is COc1cc(N)ccc1SCC(=O)Nc1ccc(Br)cn1. The number of thioether (sulfide) groups is 1. The Morgan fingerprint density at radius 2 is 2.24 bits per heavy atom. The first kappa shape index (κ1) is 15.7. The van der Waals surface area contributed by atoms with Crippen molar-refractivity contribution in [2.75, 3.05) is 23.9 Å². The monoisotopic (exact) mass is 367 g/mol. The Kier molecular flexibility index (Phi) is 5.46. The Morgan fingerprint density at radius 3 is 2.90 bits per heavy atom. The minimum atomic E-state index is -0.131. The number of carbonyl (C=O) groups is 1. The molecule has 0 saturated carbocycles. The molecule has 0 bridgehead atoms. The number of aromatic nitrogens is 1. The summed E-state index contributed by atoms with van der Waals surface area (Å²) < 4.78 is 6.10. The highest BCUT2D eigenvalue weighted by Crippen LogP contribution is 2.30. The van der Waals surface area contributed by atoms with E-state index in [1.54, 1.807) is 31.5 Å². The lowest BCUT2D eigenvalue weighted by atomic mass is 10.3. The zero-order valence-corrected chi connectivity index (χ0v) is 13.7. The van der Waals surface area contributed by atoms with E-state index in [9.17, 15) is 4.79 Å². The maximum absolute atomic E-state index is 11.9. The van der Waals surface area contributed by atoms with E-state index >= 15 is 0 Å². The first-order valence-corrected chi connectivity index (χ1v) is 7.84. The van der Waals surface area contributed by atoms with Gasteiger partial charge >= 0.3 is 0 Å². The molecule has 2 rings (SSSR count). The maximum atomic E-state index is 11.9. The molecular formula is C14H14BrN3O2S. The number of halogens is 1. The van der Waals surface area contributed by atoms with Gasteiger partial charge in [0.1, 0.15) is 11.6 Å². The minimum absolute atomic E-state index is 0.131. The largest absolute Gasteiger partial charge is 0.496 e. The van der Waals surface area contributed by atoms with E-state index in [2.05, 4.69) is 26.2 Å². The number of hydrogen-bond acceptors (Lipinski definition) is 5. The molecule has 5 nitrogen and oxygen atoms in total. The molecule has 21 heavy (non-hydrogen) atoms.